The van der Waals surface area contributed by atoms with Gasteiger partial charge in [0.1, 0.15) is 30.5 Å². The van der Waals surface area contributed by atoms with E-state index in [4.69, 9.17) is 14.2 Å². The summed E-state index contributed by atoms with van der Waals surface area (Å²) in [7, 11) is -1.47. The first-order valence-electron chi connectivity index (χ1n) is 14.4. The SMILES string of the molecule is C[C@@H](COc1ccc(OC2=C(c3ccc(Br)cc3)S(=O)c3cc(OCc4ccccc4)ccc32)cc1)N1CC[C@@H](CF)C1. The van der Waals surface area contributed by atoms with Crippen LogP contribution in [-0.4, -0.2) is 41.5 Å². The molecule has 1 fully saturated rings. The van der Waals surface area contributed by atoms with Crippen LogP contribution in [0.15, 0.2) is 106 Å². The monoisotopic (exact) mass is 661 g/mol. The predicted octanol–water partition coefficient (Wildman–Crippen LogP) is 8.11. The van der Waals surface area contributed by atoms with Crippen molar-refractivity contribution in [3.8, 4) is 17.2 Å². The van der Waals surface area contributed by atoms with Crippen LogP contribution < -0.4 is 14.2 Å². The maximum Gasteiger partial charge on any atom is 0.152 e. The topological polar surface area (TPSA) is 48.0 Å². The molecule has 0 N–H and O–H groups in total. The van der Waals surface area contributed by atoms with Gasteiger partial charge in [-0.1, -0.05) is 58.4 Å². The fraction of sp³-hybridized carbons (Fsp3) is 0.257. The van der Waals surface area contributed by atoms with Gasteiger partial charge in [0.25, 0.3) is 0 Å². The van der Waals surface area contributed by atoms with E-state index < -0.39 is 10.8 Å². The number of likely N-dealkylation sites (tertiary alicyclic amines) is 1. The van der Waals surface area contributed by atoms with Crippen molar-refractivity contribution in [3.05, 3.63) is 118 Å². The average Bonchev–Trinajstić information content (AvgIpc) is 3.63. The molecule has 4 aromatic rings. The normalized spacial score (nSPS) is 18.9. The Bertz CT molecular complexity index is 1610. The lowest BCUT2D eigenvalue weighted by molar-refractivity contribution is 0.165. The molecule has 2 heterocycles. The van der Waals surface area contributed by atoms with Crippen molar-refractivity contribution < 1.29 is 22.8 Å². The van der Waals surface area contributed by atoms with Crippen molar-refractivity contribution in [3.63, 3.8) is 0 Å². The predicted molar refractivity (Wildman–Crippen MR) is 172 cm³/mol. The number of halogens is 2. The van der Waals surface area contributed by atoms with Gasteiger partial charge in [0, 0.05) is 28.5 Å². The highest BCUT2D eigenvalue weighted by atomic mass is 79.9. The molecule has 0 aliphatic carbocycles. The summed E-state index contributed by atoms with van der Waals surface area (Å²) < 4.78 is 46.4. The highest BCUT2D eigenvalue weighted by Gasteiger charge is 2.32. The van der Waals surface area contributed by atoms with Crippen LogP contribution >= 0.6 is 15.9 Å². The van der Waals surface area contributed by atoms with Gasteiger partial charge in [-0.25, -0.2) is 4.21 Å². The minimum Gasteiger partial charge on any atom is -0.492 e. The van der Waals surface area contributed by atoms with Crippen LogP contribution in [0, 0.1) is 5.92 Å². The summed E-state index contributed by atoms with van der Waals surface area (Å²) >= 11 is 3.50. The molecule has 43 heavy (non-hydrogen) atoms. The molecule has 1 unspecified atom stereocenters. The second kappa shape index (κ2) is 13.5. The Morgan fingerprint density at radius 1 is 0.930 bits per heavy atom. The van der Waals surface area contributed by atoms with Crippen LogP contribution in [0.2, 0.25) is 0 Å². The third-order valence-corrected chi connectivity index (χ3v) is 9.90. The summed E-state index contributed by atoms with van der Waals surface area (Å²) in [5.74, 6) is 2.70. The first kappa shape index (κ1) is 29.6. The Balaban J connectivity index is 1.20. The van der Waals surface area contributed by atoms with E-state index in [9.17, 15) is 8.60 Å². The summed E-state index contributed by atoms with van der Waals surface area (Å²) in [6.45, 7) is 4.50. The highest BCUT2D eigenvalue weighted by molar-refractivity contribution is 9.10. The number of nitrogens with zero attached hydrogens (tertiary/aromatic N) is 1. The van der Waals surface area contributed by atoms with Gasteiger partial charge in [0.15, 0.2) is 5.76 Å². The smallest absolute Gasteiger partial charge is 0.152 e. The van der Waals surface area contributed by atoms with Crippen molar-refractivity contribution in [2.75, 3.05) is 26.4 Å². The van der Waals surface area contributed by atoms with Crippen molar-refractivity contribution in [2.24, 2.45) is 5.92 Å². The molecule has 2 aliphatic heterocycles. The lowest BCUT2D eigenvalue weighted by Gasteiger charge is -2.24. The van der Waals surface area contributed by atoms with Crippen LogP contribution in [0.25, 0.3) is 10.7 Å². The number of hydrogen-bond donors (Lipinski definition) is 0. The Hall–Kier alpha value is -3.46. The number of ether oxygens (including phenoxy) is 3. The van der Waals surface area contributed by atoms with Gasteiger partial charge in [0.05, 0.1) is 27.3 Å². The third-order valence-electron chi connectivity index (χ3n) is 7.84. The highest BCUT2D eigenvalue weighted by Crippen LogP contribution is 2.44. The lowest BCUT2D eigenvalue weighted by Crippen LogP contribution is -2.35. The molecular formula is C35H33BrFNO4S. The average molecular weight is 663 g/mol. The number of hydrogen-bond acceptors (Lipinski definition) is 5. The van der Waals surface area contributed by atoms with Crippen LogP contribution in [0.1, 0.15) is 30.0 Å². The second-order valence-electron chi connectivity index (χ2n) is 10.9. The van der Waals surface area contributed by atoms with E-state index >= 15 is 0 Å². The zero-order chi connectivity index (χ0) is 29.8. The molecule has 0 amide bonds. The van der Waals surface area contributed by atoms with Crippen molar-refractivity contribution in [2.45, 2.75) is 30.9 Å². The second-order valence-corrected chi connectivity index (χ2v) is 13.2. The molecule has 3 atom stereocenters. The molecule has 1 saturated heterocycles. The van der Waals surface area contributed by atoms with E-state index in [1.807, 2.05) is 97.1 Å². The first-order chi connectivity index (χ1) is 21.0. The summed E-state index contributed by atoms with van der Waals surface area (Å²) in [6.07, 6.45) is 0.904. The zero-order valence-corrected chi connectivity index (χ0v) is 26.3. The van der Waals surface area contributed by atoms with E-state index in [1.54, 1.807) is 0 Å². The quantitative estimate of drug-likeness (QED) is 0.163. The van der Waals surface area contributed by atoms with Gasteiger partial charge < -0.3 is 14.2 Å². The van der Waals surface area contributed by atoms with Crippen molar-refractivity contribution in [1.82, 2.24) is 4.90 Å². The standard InChI is InChI=1S/C35H33BrFNO4S/c1-24(38-18-17-26(20-37)21-38)22-40-29-11-13-30(14-12-29)42-34-32-16-15-31(41-23-25-5-3-2-4-6-25)19-33(32)43(39)35(34)27-7-9-28(36)10-8-27/h2-16,19,24,26H,17-18,20-23H2,1H3/t24-,26-,43?/m0/s1. The Morgan fingerprint density at radius 2 is 1.65 bits per heavy atom. The van der Waals surface area contributed by atoms with Crippen molar-refractivity contribution >= 4 is 37.4 Å². The maximum atomic E-state index is 13.9. The van der Waals surface area contributed by atoms with E-state index in [0.717, 1.165) is 46.4 Å². The first-order valence-corrected chi connectivity index (χ1v) is 16.4. The number of alkyl halides is 1. The summed E-state index contributed by atoms with van der Waals surface area (Å²) in [6, 6.07) is 31.0. The molecule has 0 bridgehead atoms. The van der Waals surface area contributed by atoms with Crippen LogP contribution in [0.3, 0.4) is 0 Å². The van der Waals surface area contributed by atoms with Crippen molar-refractivity contribution in [1.29, 1.82) is 0 Å². The molecule has 0 aromatic heterocycles. The molecule has 5 nitrogen and oxygen atoms in total. The lowest BCUT2D eigenvalue weighted by atomic mass is 10.1. The number of rotatable bonds is 11. The molecule has 0 spiro atoms. The van der Waals surface area contributed by atoms with Crippen LogP contribution in [0.5, 0.6) is 17.2 Å². The van der Waals surface area contributed by atoms with Crippen LogP contribution in [-0.2, 0) is 17.4 Å². The molecule has 0 radical (unpaired) electrons. The third kappa shape index (κ3) is 6.87. The fourth-order valence-electron chi connectivity index (χ4n) is 5.36. The number of benzene rings is 4. The molecule has 222 valence electrons. The van der Waals surface area contributed by atoms with Gasteiger partial charge in [-0.3, -0.25) is 9.29 Å². The van der Waals surface area contributed by atoms with Gasteiger partial charge in [-0.2, -0.15) is 0 Å². The molecular weight excluding hydrogens is 629 g/mol. The van der Waals surface area contributed by atoms with E-state index in [2.05, 4.69) is 27.8 Å². The largest absolute Gasteiger partial charge is 0.492 e. The molecule has 8 heteroatoms. The molecule has 4 aromatic carbocycles. The summed E-state index contributed by atoms with van der Waals surface area (Å²) in [5.41, 5.74) is 2.66. The Kier molecular flexibility index (Phi) is 9.26. The fourth-order valence-corrected chi connectivity index (χ4v) is 7.10. The number of fused-ring (bicyclic) bond motifs is 1. The minimum atomic E-state index is -1.47. The molecule has 0 saturated carbocycles. The summed E-state index contributed by atoms with van der Waals surface area (Å²) in [5, 5.41) is 0. The zero-order valence-electron chi connectivity index (χ0n) is 23.9. The van der Waals surface area contributed by atoms with E-state index in [1.165, 1.54) is 0 Å². The van der Waals surface area contributed by atoms with Gasteiger partial charge in [-0.15, -0.1) is 0 Å². The van der Waals surface area contributed by atoms with Gasteiger partial charge >= 0.3 is 0 Å². The Morgan fingerprint density at radius 3 is 2.37 bits per heavy atom. The van der Waals surface area contributed by atoms with Gasteiger partial charge in [-0.05, 0) is 85.6 Å². The molecule has 2 aliphatic rings. The summed E-state index contributed by atoms with van der Waals surface area (Å²) in [4.78, 5) is 3.56. The molecule has 6 rings (SSSR count). The van der Waals surface area contributed by atoms with E-state index in [-0.39, 0.29) is 18.6 Å². The van der Waals surface area contributed by atoms with E-state index in [0.29, 0.717) is 40.3 Å². The minimum absolute atomic E-state index is 0.138. The van der Waals surface area contributed by atoms with Crippen LogP contribution in [0.4, 0.5) is 4.39 Å². The Labute approximate surface area is 262 Å². The maximum absolute atomic E-state index is 13.9. The van der Waals surface area contributed by atoms with Gasteiger partial charge in [0.2, 0.25) is 0 Å².